The molecule has 0 radical (unpaired) electrons. The van der Waals surface area contributed by atoms with Crippen molar-refractivity contribution in [2.45, 2.75) is 52.2 Å². The average molecular weight is 507 g/mol. The van der Waals surface area contributed by atoms with E-state index in [0.29, 0.717) is 5.56 Å². The zero-order valence-electron chi connectivity index (χ0n) is 19.7. The van der Waals surface area contributed by atoms with Gasteiger partial charge in [0.1, 0.15) is 5.75 Å². The average Bonchev–Trinajstić information content (AvgIpc) is 3.11. The predicted molar refractivity (Wildman–Crippen MR) is 121 cm³/mol. The summed E-state index contributed by atoms with van der Waals surface area (Å²) in [5, 5.41) is 13.3. The summed E-state index contributed by atoms with van der Waals surface area (Å²) >= 11 is 0. The van der Waals surface area contributed by atoms with Crippen LogP contribution in [0.5, 0.6) is 5.75 Å². The summed E-state index contributed by atoms with van der Waals surface area (Å²) in [7, 11) is 0. The lowest BCUT2D eigenvalue weighted by molar-refractivity contribution is -0.152. The highest BCUT2D eigenvalue weighted by Crippen LogP contribution is 2.29. The number of nitrogens with zero attached hydrogens (tertiary/aromatic N) is 3. The van der Waals surface area contributed by atoms with Crippen LogP contribution in [0.25, 0.3) is 0 Å². The molecule has 0 aliphatic heterocycles. The molecule has 3 aromatic rings. The van der Waals surface area contributed by atoms with E-state index in [-0.39, 0.29) is 36.8 Å². The summed E-state index contributed by atoms with van der Waals surface area (Å²) in [6.07, 6.45) is -4.46. The van der Waals surface area contributed by atoms with Crippen LogP contribution in [0.2, 0.25) is 0 Å². The molecule has 0 aliphatic carbocycles. The Morgan fingerprint density at radius 3 is 2.17 bits per heavy atom. The van der Waals surface area contributed by atoms with Crippen molar-refractivity contribution in [3.63, 3.8) is 0 Å². The number of carbonyl (C=O) groups is 2. The van der Waals surface area contributed by atoms with Gasteiger partial charge in [0.15, 0.2) is 18.0 Å². The Morgan fingerprint density at radius 2 is 1.64 bits per heavy atom. The minimum atomic E-state index is -4.46. The van der Waals surface area contributed by atoms with Crippen LogP contribution < -0.4 is 10.4 Å². The maximum Gasteiger partial charge on any atom is 0.416 e. The van der Waals surface area contributed by atoms with Crippen molar-refractivity contribution in [2.75, 3.05) is 0 Å². The second-order valence-corrected chi connectivity index (χ2v) is 8.31. The quantitative estimate of drug-likeness (QED) is 0.439. The van der Waals surface area contributed by atoms with Crippen LogP contribution in [0.3, 0.4) is 0 Å². The Kier molecular flexibility index (Phi) is 7.56. The van der Waals surface area contributed by atoms with Crippen LogP contribution >= 0.6 is 0 Å². The maximum atomic E-state index is 12.8. The number of carbonyl (C=O) groups excluding carboxylic acids is 1. The van der Waals surface area contributed by atoms with Crippen molar-refractivity contribution in [3.8, 4) is 5.75 Å². The first-order valence-electron chi connectivity index (χ1n) is 10.8. The van der Waals surface area contributed by atoms with Crippen LogP contribution in [-0.2, 0) is 35.4 Å². The maximum absolute atomic E-state index is 12.8. The molecular weight excluding hydrogens is 483 g/mol. The number of aliphatic carboxylic acids is 1. The first kappa shape index (κ1) is 26.5. The molecule has 0 unspecified atom stereocenters. The fraction of sp³-hybridized carbons (Fsp3) is 0.333. The molecule has 2 aromatic carbocycles. The molecule has 12 heteroatoms. The number of rotatable bonds is 9. The molecular formula is C24H24F3N3O6. The van der Waals surface area contributed by atoms with Gasteiger partial charge in [0.2, 0.25) is 0 Å². The molecule has 0 saturated carbocycles. The van der Waals surface area contributed by atoms with Gasteiger partial charge in [-0.1, -0.05) is 12.1 Å². The summed E-state index contributed by atoms with van der Waals surface area (Å²) in [6, 6.07) is 10.1. The number of carboxylic acid groups (broad SMARTS) is 1. The second kappa shape index (κ2) is 10.3. The highest BCUT2D eigenvalue weighted by atomic mass is 19.4. The van der Waals surface area contributed by atoms with Gasteiger partial charge in [-0.15, -0.1) is 0 Å². The van der Waals surface area contributed by atoms with Gasteiger partial charge in [-0.25, -0.2) is 19.1 Å². The molecule has 0 atom stereocenters. The summed E-state index contributed by atoms with van der Waals surface area (Å²) < 4.78 is 51.3. The van der Waals surface area contributed by atoms with E-state index < -0.39 is 35.0 Å². The standard InChI is InChI=1S/C24H24F3N3O6/c1-4-29-19(28-30(22(29)34)13-15-5-9-17(10-6-15)24(25,26)27)14-35-20(31)16-7-11-18(12-8-16)36-23(2,3)21(32)33/h5-12H,4,13-14H2,1-3H3,(H,32,33). The Balaban J connectivity index is 1.68. The van der Waals surface area contributed by atoms with Crippen LogP contribution in [0.4, 0.5) is 13.2 Å². The van der Waals surface area contributed by atoms with Crippen molar-refractivity contribution in [1.29, 1.82) is 0 Å². The first-order chi connectivity index (χ1) is 16.8. The fourth-order valence-electron chi connectivity index (χ4n) is 3.20. The Morgan fingerprint density at radius 1 is 1.03 bits per heavy atom. The van der Waals surface area contributed by atoms with E-state index in [2.05, 4.69) is 5.10 Å². The molecule has 3 rings (SSSR count). The van der Waals surface area contributed by atoms with Gasteiger partial charge in [0.05, 0.1) is 17.7 Å². The number of benzene rings is 2. The van der Waals surface area contributed by atoms with Gasteiger partial charge in [-0.2, -0.15) is 18.3 Å². The summed E-state index contributed by atoms with van der Waals surface area (Å²) in [6.45, 7) is 4.35. The second-order valence-electron chi connectivity index (χ2n) is 8.31. The molecule has 1 N–H and O–H groups in total. The molecule has 1 aromatic heterocycles. The highest BCUT2D eigenvalue weighted by Gasteiger charge is 2.30. The molecule has 192 valence electrons. The van der Waals surface area contributed by atoms with Crippen molar-refractivity contribution in [1.82, 2.24) is 14.3 Å². The van der Waals surface area contributed by atoms with Crippen molar-refractivity contribution in [3.05, 3.63) is 81.5 Å². The Labute approximate surface area is 203 Å². The van der Waals surface area contributed by atoms with E-state index in [0.717, 1.165) is 16.8 Å². The molecule has 0 aliphatic rings. The third-order valence-electron chi connectivity index (χ3n) is 5.24. The number of ether oxygens (including phenoxy) is 2. The topological polar surface area (TPSA) is 113 Å². The number of carboxylic acids is 1. The van der Waals surface area contributed by atoms with Gasteiger partial charge < -0.3 is 14.6 Å². The fourth-order valence-corrected chi connectivity index (χ4v) is 3.20. The molecule has 0 fully saturated rings. The lowest BCUT2D eigenvalue weighted by Crippen LogP contribution is -2.37. The van der Waals surface area contributed by atoms with E-state index in [9.17, 15) is 27.6 Å². The van der Waals surface area contributed by atoms with E-state index >= 15 is 0 Å². The Hall–Kier alpha value is -4.09. The largest absolute Gasteiger partial charge is 0.478 e. The van der Waals surface area contributed by atoms with E-state index in [1.807, 2.05) is 0 Å². The Bertz CT molecular complexity index is 1290. The zero-order valence-corrected chi connectivity index (χ0v) is 19.7. The van der Waals surface area contributed by atoms with Crippen molar-refractivity contribution in [2.24, 2.45) is 0 Å². The normalized spacial score (nSPS) is 11.8. The summed E-state index contributed by atoms with van der Waals surface area (Å²) in [5.41, 5.74) is -2.13. The minimum Gasteiger partial charge on any atom is -0.478 e. The predicted octanol–water partition coefficient (Wildman–Crippen LogP) is 3.73. The van der Waals surface area contributed by atoms with Crippen LogP contribution in [0.1, 0.15) is 48.1 Å². The van der Waals surface area contributed by atoms with Gasteiger partial charge >= 0.3 is 23.8 Å². The lowest BCUT2D eigenvalue weighted by Gasteiger charge is -2.21. The number of alkyl halides is 3. The molecule has 0 amide bonds. The monoisotopic (exact) mass is 507 g/mol. The van der Waals surface area contributed by atoms with Gasteiger partial charge in [-0.3, -0.25) is 4.57 Å². The number of halogens is 3. The van der Waals surface area contributed by atoms with E-state index in [4.69, 9.17) is 14.6 Å². The number of hydrogen-bond donors (Lipinski definition) is 1. The van der Waals surface area contributed by atoms with Crippen LogP contribution in [0.15, 0.2) is 53.3 Å². The third kappa shape index (κ3) is 6.12. The zero-order chi connectivity index (χ0) is 26.7. The SMILES string of the molecule is CCn1c(COC(=O)c2ccc(OC(C)(C)C(=O)O)cc2)nn(Cc2ccc(C(F)(F)F)cc2)c1=O. The smallest absolute Gasteiger partial charge is 0.416 e. The number of aromatic nitrogens is 3. The molecule has 0 bridgehead atoms. The van der Waals surface area contributed by atoms with Crippen LogP contribution in [-0.4, -0.2) is 37.0 Å². The van der Waals surface area contributed by atoms with Crippen molar-refractivity contribution >= 4 is 11.9 Å². The molecule has 0 saturated heterocycles. The number of esters is 1. The molecule has 0 spiro atoms. The summed E-state index contributed by atoms with van der Waals surface area (Å²) in [5.74, 6) is -1.43. The first-order valence-corrected chi connectivity index (χ1v) is 10.8. The summed E-state index contributed by atoms with van der Waals surface area (Å²) in [4.78, 5) is 36.3. The molecule has 9 nitrogen and oxygen atoms in total. The number of hydrogen-bond acceptors (Lipinski definition) is 6. The minimum absolute atomic E-state index is 0.0565. The van der Waals surface area contributed by atoms with Gasteiger partial charge in [0.25, 0.3) is 0 Å². The molecule has 36 heavy (non-hydrogen) atoms. The van der Waals surface area contributed by atoms with Crippen molar-refractivity contribution < 1.29 is 37.3 Å². The van der Waals surface area contributed by atoms with E-state index in [1.54, 1.807) is 6.92 Å². The lowest BCUT2D eigenvalue weighted by atomic mass is 10.1. The van der Waals surface area contributed by atoms with E-state index in [1.165, 1.54) is 54.8 Å². The third-order valence-corrected chi connectivity index (χ3v) is 5.24. The highest BCUT2D eigenvalue weighted by molar-refractivity contribution is 5.89. The molecule has 1 heterocycles. The van der Waals surface area contributed by atoms with Crippen LogP contribution in [0, 0.1) is 0 Å². The van der Waals surface area contributed by atoms with Gasteiger partial charge in [-0.05, 0) is 62.7 Å². The van der Waals surface area contributed by atoms with Gasteiger partial charge in [0, 0.05) is 6.54 Å².